The van der Waals surface area contributed by atoms with E-state index >= 15 is 0 Å². The number of carbonyl (C=O) groups is 2. The van der Waals surface area contributed by atoms with Crippen LogP contribution in [-0.4, -0.2) is 31.3 Å². The summed E-state index contributed by atoms with van der Waals surface area (Å²) >= 11 is 32.5. The lowest BCUT2D eigenvalue weighted by atomic mass is 10.1. The molecule has 2 heterocycles. The quantitative estimate of drug-likeness (QED) is 0.222. The van der Waals surface area contributed by atoms with Gasteiger partial charge in [0.2, 0.25) is 11.0 Å². The minimum absolute atomic E-state index is 0.136. The number of amides is 2. The number of alkyl halides is 2. The van der Waals surface area contributed by atoms with E-state index < -0.39 is 28.0 Å². The molecule has 7 nitrogen and oxygen atoms in total. The van der Waals surface area contributed by atoms with Crippen LogP contribution in [0.2, 0.25) is 15.1 Å². The van der Waals surface area contributed by atoms with Gasteiger partial charge >= 0.3 is 0 Å². The fourth-order valence-corrected chi connectivity index (χ4v) is 6.19. The van der Waals surface area contributed by atoms with Crippen LogP contribution < -0.4 is 10.6 Å². The van der Waals surface area contributed by atoms with Crippen molar-refractivity contribution >= 4 is 92.0 Å². The average Bonchev–Trinajstić information content (AvgIpc) is 3.17. The van der Waals surface area contributed by atoms with Crippen molar-refractivity contribution in [1.82, 2.24) is 15.2 Å². The van der Waals surface area contributed by atoms with Crippen molar-refractivity contribution in [2.24, 2.45) is 5.92 Å². The van der Waals surface area contributed by atoms with Gasteiger partial charge in [0.25, 0.3) is 5.91 Å². The van der Waals surface area contributed by atoms with Gasteiger partial charge in [0.05, 0.1) is 16.5 Å². The topological polar surface area (TPSA) is 96.9 Å². The van der Waals surface area contributed by atoms with Crippen LogP contribution >= 0.6 is 69.3 Å². The number of hydrogen-bond donors (Lipinski definition) is 2. The fraction of sp³-hybridized carbons (Fsp3) is 0.125. The Kier molecular flexibility index (Phi) is 7.33. The molecule has 0 aliphatic heterocycles. The molecule has 37 heavy (non-hydrogen) atoms. The van der Waals surface area contributed by atoms with Crippen LogP contribution in [0.5, 0.6) is 0 Å². The maximum atomic E-state index is 13.0. The Morgan fingerprint density at radius 1 is 0.892 bits per heavy atom. The van der Waals surface area contributed by atoms with Crippen LogP contribution in [0.25, 0.3) is 10.6 Å². The molecule has 0 bridgehead atoms. The Labute approximate surface area is 240 Å². The van der Waals surface area contributed by atoms with Crippen LogP contribution in [0.3, 0.4) is 0 Å². The summed E-state index contributed by atoms with van der Waals surface area (Å²) in [5.74, 6) is -2.20. The van der Waals surface area contributed by atoms with Gasteiger partial charge in [-0.25, -0.2) is 0 Å². The third kappa shape index (κ3) is 5.55. The van der Waals surface area contributed by atoms with E-state index in [1.165, 1.54) is 23.5 Å². The number of rotatable bonds is 6. The molecule has 13 heteroatoms. The van der Waals surface area contributed by atoms with Crippen LogP contribution in [0, 0.1) is 5.92 Å². The monoisotopic (exact) mass is 611 g/mol. The highest BCUT2D eigenvalue weighted by molar-refractivity contribution is 7.18. The van der Waals surface area contributed by atoms with Gasteiger partial charge in [-0.15, -0.1) is 33.4 Å². The lowest BCUT2D eigenvalue weighted by molar-refractivity contribution is -0.117. The number of carbonyl (C=O) groups excluding carboxylic acids is 2. The minimum atomic E-state index is -1.34. The van der Waals surface area contributed by atoms with Gasteiger partial charge in [0, 0.05) is 39.6 Å². The molecule has 2 N–H and O–H groups in total. The van der Waals surface area contributed by atoms with Crippen molar-refractivity contribution in [3.63, 3.8) is 0 Å². The number of halogens is 5. The highest BCUT2D eigenvalue weighted by atomic mass is 35.5. The molecule has 1 aliphatic rings. The molecule has 2 atom stereocenters. The Balaban J connectivity index is 1.30. The van der Waals surface area contributed by atoms with Gasteiger partial charge in [-0.2, -0.15) is 0 Å². The van der Waals surface area contributed by atoms with E-state index in [4.69, 9.17) is 58.0 Å². The van der Waals surface area contributed by atoms with Crippen LogP contribution in [0.15, 0.2) is 60.9 Å². The molecule has 5 rings (SSSR count). The van der Waals surface area contributed by atoms with Crippen molar-refractivity contribution < 1.29 is 9.59 Å². The van der Waals surface area contributed by atoms with Crippen LogP contribution in [-0.2, 0) is 4.79 Å². The first kappa shape index (κ1) is 26.2. The van der Waals surface area contributed by atoms with Gasteiger partial charge in [-0.05, 0) is 54.1 Å². The van der Waals surface area contributed by atoms with Gasteiger partial charge < -0.3 is 5.32 Å². The highest BCUT2D eigenvalue weighted by Gasteiger charge is 2.67. The van der Waals surface area contributed by atoms with Crippen LogP contribution in [0.4, 0.5) is 10.8 Å². The zero-order valence-corrected chi connectivity index (χ0v) is 23.0. The van der Waals surface area contributed by atoms with Crippen molar-refractivity contribution in [3.05, 3.63) is 87.1 Å². The largest absolute Gasteiger partial charge is 0.326 e. The average molecular weight is 614 g/mol. The summed E-state index contributed by atoms with van der Waals surface area (Å²) in [6.07, 6.45) is 3.28. The first-order chi connectivity index (χ1) is 17.6. The zero-order chi connectivity index (χ0) is 26.3. The summed E-state index contributed by atoms with van der Waals surface area (Å²) in [5, 5.41) is 15.5. The number of nitrogens with zero attached hydrogens (tertiary/aromatic N) is 3. The SMILES string of the molecule is O=C(Nc1nnc(-c2ccncc2)s1)c1cc(NC(=O)C2C(c3cc(Cl)cc(Cl)c3)C2(Cl)Cl)ccc1Cl. The molecule has 2 aromatic carbocycles. The van der Waals surface area contributed by atoms with E-state index in [1.807, 2.05) is 0 Å². The second-order valence-corrected chi connectivity index (χ2v) is 11.8. The molecular formula is C24H14Cl5N5O2S. The van der Waals surface area contributed by atoms with Crippen molar-refractivity contribution in [2.45, 2.75) is 10.3 Å². The number of benzene rings is 2. The standard InChI is InChI=1S/C24H14Cl5N5O2S/c25-13-7-12(8-14(26)9-13)18-19(24(18,28)29)21(36)31-15-1-2-17(27)16(10-15)20(35)32-23-34-33-22(37-23)11-3-5-30-6-4-11/h1-10,18-19H,(H,31,36)(H,32,34,35). The third-order valence-electron chi connectivity index (χ3n) is 5.63. The molecule has 188 valence electrons. The molecule has 4 aromatic rings. The third-order valence-corrected chi connectivity index (χ3v) is 8.23. The summed E-state index contributed by atoms with van der Waals surface area (Å²) in [6, 6.07) is 13.0. The van der Waals surface area contributed by atoms with E-state index in [9.17, 15) is 9.59 Å². The minimum Gasteiger partial charge on any atom is -0.326 e. The number of pyridine rings is 1. The molecule has 1 fully saturated rings. The summed E-state index contributed by atoms with van der Waals surface area (Å²) < 4.78 is -1.34. The number of nitrogens with one attached hydrogen (secondary N) is 2. The fourth-order valence-electron chi connectivity index (χ4n) is 3.87. The molecule has 2 amide bonds. The maximum Gasteiger partial charge on any atom is 0.259 e. The van der Waals surface area contributed by atoms with Gasteiger partial charge in [0.1, 0.15) is 9.34 Å². The predicted molar refractivity (Wildman–Crippen MR) is 148 cm³/mol. The van der Waals surface area contributed by atoms with E-state index in [0.29, 0.717) is 26.3 Å². The Bertz CT molecular complexity index is 1490. The molecule has 1 aliphatic carbocycles. The summed E-state index contributed by atoms with van der Waals surface area (Å²) in [5.41, 5.74) is 1.95. The van der Waals surface area contributed by atoms with Gasteiger partial charge in [-0.3, -0.25) is 19.9 Å². The molecule has 0 radical (unpaired) electrons. The summed E-state index contributed by atoms with van der Waals surface area (Å²) in [4.78, 5) is 29.9. The van der Waals surface area contributed by atoms with Crippen molar-refractivity contribution in [3.8, 4) is 10.6 Å². The molecule has 2 unspecified atom stereocenters. The van der Waals surface area contributed by atoms with Crippen LogP contribution in [0.1, 0.15) is 21.8 Å². The van der Waals surface area contributed by atoms with E-state index in [2.05, 4.69) is 25.8 Å². The lowest BCUT2D eigenvalue weighted by Gasteiger charge is -2.09. The van der Waals surface area contributed by atoms with Crippen molar-refractivity contribution in [1.29, 1.82) is 0 Å². The first-order valence-electron chi connectivity index (χ1n) is 10.6. The highest BCUT2D eigenvalue weighted by Crippen LogP contribution is 2.65. The molecular weight excluding hydrogens is 600 g/mol. The van der Waals surface area contributed by atoms with Crippen molar-refractivity contribution in [2.75, 3.05) is 10.6 Å². The molecule has 0 spiro atoms. The van der Waals surface area contributed by atoms with Gasteiger partial charge in [-0.1, -0.05) is 46.1 Å². The maximum absolute atomic E-state index is 13.0. The lowest BCUT2D eigenvalue weighted by Crippen LogP contribution is -2.18. The Morgan fingerprint density at radius 2 is 1.59 bits per heavy atom. The van der Waals surface area contributed by atoms with Gasteiger partial charge in [0.15, 0.2) is 0 Å². The van der Waals surface area contributed by atoms with E-state index in [1.54, 1.807) is 48.8 Å². The molecule has 0 saturated heterocycles. The predicted octanol–water partition coefficient (Wildman–Crippen LogP) is 7.34. The molecule has 2 aromatic heterocycles. The normalized spacial score (nSPS) is 17.8. The second-order valence-electron chi connectivity index (χ2n) is 8.12. The second kappa shape index (κ2) is 10.4. The Morgan fingerprint density at radius 3 is 2.30 bits per heavy atom. The zero-order valence-electron chi connectivity index (χ0n) is 18.4. The first-order valence-corrected chi connectivity index (χ1v) is 13.3. The number of hydrogen-bond acceptors (Lipinski definition) is 6. The smallest absolute Gasteiger partial charge is 0.259 e. The molecule has 1 saturated carbocycles. The summed E-state index contributed by atoms with van der Waals surface area (Å²) in [6.45, 7) is 0. The van der Waals surface area contributed by atoms with E-state index in [0.717, 1.165) is 5.56 Å². The number of aromatic nitrogens is 3. The summed E-state index contributed by atoms with van der Waals surface area (Å²) in [7, 11) is 0. The number of anilines is 2. The Hall–Kier alpha value is -2.46. The van der Waals surface area contributed by atoms with E-state index in [-0.39, 0.29) is 15.7 Å².